The Morgan fingerprint density at radius 2 is 1.75 bits per heavy atom. The molecule has 4 heterocycles. The number of likely N-dealkylation sites (tertiary alicyclic amines) is 1. The molecule has 0 bridgehead atoms. The van der Waals surface area contributed by atoms with E-state index in [1.54, 1.807) is 6.08 Å². The molecule has 3 aliphatic rings. The summed E-state index contributed by atoms with van der Waals surface area (Å²) in [5.74, 6) is -0.413. The van der Waals surface area contributed by atoms with Crippen molar-refractivity contribution >= 4 is 28.4 Å². The lowest BCUT2D eigenvalue weighted by Crippen LogP contribution is -2.41. The third-order valence-corrected chi connectivity index (χ3v) is 8.20. The summed E-state index contributed by atoms with van der Waals surface area (Å²) in [6.07, 6.45) is 16.9. The van der Waals surface area contributed by atoms with Crippen LogP contribution in [0.3, 0.4) is 0 Å². The van der Waals surface area contributed by atoms with Gasteiger partial charge in [-0.3, -0.25) is 29.6 Å². The van der Waals surface area contributed by atoms with Crippen molar-refractivity contribution in [2.75, 3.05) is 19.6 Å². The quantitative estimate of drug-likeness (QED) is 0.417. The predicted octanol–water partition coefficient (Wildman–Crippen LogP) is 4.17. The van der Waals surface area contributed by atoms with Crippen molar-refractivity contribution in [3.63, 3.8) is 0 Å². The molecule has 1 aliphatic carbocycles. The van der Waals surface area contributed by atoms with E-state index in [4.69, 9.17) is 0 Å². The van der Waals surface area contributed by atoms with E-state index >= 15 is 0 Å². The maximum absolute atomic E-state index is 13.2. The summed E-state index contributed by atoms with van der Waals surface area (Å²) < 4.78 is 0. The number of pyridine rings is 1. The molecule has 0 spiro atoms. The number of carbonyl (C=O) groups excluding carboxylic acids is 2. The zero-order valence-electron chi connectivity index (χ0n) is 22.9. The van der Waals surface area contributed by atoms with Gasteiger partial charge in [-0.25, -0.2) is 0 Å². The number of benzene rings is 1. The fraction of sp³-hybridized carbons (Fsp3) is 0.452. The second-order valence-electron chi connectivity index (χ2n) is 11.2. The molecule has 1 unspecified atom stereocenters. The molecular formula is C31H37N7O2. The molecule has 3 aromatic rings. The highest BCUT2D eigenvalue weighted by Gasteiger charge is 2.23. The molecule has 2 amide bonds. The van der Waals surface area contributed by atoms with Gasteiger partial charge in [0.25, 0.3) is 11.8 Å². The van der Waals surface area contributed by atoms with Gasteiger partial charge >= 0.3 is 0 Å². The first-order valence-electron chi connectivity index (χ1n) is 14.6. The molecule has 9 heteroatoms. The summed E-state index contributed by atoms with van der Waals surface area (Å²) in [6.45, 7) is 3.50. The van der Waals surface area contributed by atoms with Gasteiger partial charge in [0.1, 0.15) is 5.71 Å². The molecule has 2 aromatic heterocycles. The van der Waals surface area contributed by atoms with Gasteiger partial charge in [-0.15, -0.1) is 0 Å². The van der Waals surface area contributed by atoms with Crippen LogP contribution in [0.15, 0.2) is 53.8 Å². The Morgan fingerprint density at radius 3 is 2.52 bits per heavy atom. The van der Waals surface area contributed by atoms with Crippen LogP contribution in [0.4, 0.5) is 0 Å². The largest absolute Gasteiger partial charge is 0.348 e. The minimum Gasteiger partial charge on any atom is -0.348 e. The zero-order valence-corrected chi connectivity index (χ0v) is 22.9. The summed E-state index contributed by atoms with van der Waals surface area (Å²) in [6, 6.07) is 8.13. The van der Waals surface area contributed by atoms with Gasteiger partial charge in [-0.1, -0.05) is 37.8 Å². The first kappa shape index (κ1) is 26.4. The number of dihydropyridines is 1. The number of aliphatic imine (C=N–C) groups is 1. The van der Waals surface area contributed by atoms with Crippen LogP contribution in [0, 0.1) is 0 Å². The zero-order chi connectivity index (χ0) is 27.3. The second-order valence-corrected chi connectivity index (χ2v) is 11.2. The van der Waals surface area contributed by atoms with Crippen LogP contribution in [0.2, 0.25) is 0 Å². The number of amides is 2. The maximum Gasteiger partial charge on any atom is 0.272 e. The predicted molar refractivity (Wildman–Crippen MR) is 156 cm³/mol. The summed E-state index contributed by atoms with van der Waals surface area (Å²) in [4.78, 5) is 37.2. The van der Waals surface area contributed by atoms with Crippen molar-refractivity contribution in [1.29, 1.82) is 0 Å². The number of fused-ring (bicyclic) bond motifs is 1. The third-order valence-electron chi connectivity index (χ3n) is 8.20. The van der Waals surface area contributed by atoms with E-state index in [0.29, 0.717) is 18.0 Å². The Balaban J connectivity index is 1.12. The van der Waals surface area contributed by atoms with E-state index in [-0.39, 0.29) is 23.9 Å². The smallest absolute Gasteiger partial charge is 0.272 e. The van der Waals surface area contributed by atoms with Crippen LogP contribution in [0.5, 0.6) is 0 Å². The fourth-order valence-electron chi connectivity index (χ4n) is 5.98. The average Bonchev–Trinajstić information content (AvgIpc) is 3.57. The van der Waals surface area contributed by atoms with Crippen LogP contribution < -0.4 is 10.6 Å². The van der Waals surface area contributed by atoms with Crippen molar-refractivity contribution in [1.82, 2.24) is 30.7 Å². The highest BCUT2D eigenvalue weighted by atomic mass is 16.2. The van der Waals surface area contributed by atoms with Crippen LogP contribution >= 0.6 is 0 Å². The van der Waals surface area contributed by atoms with Crippen molar-refractivity contribution in [3.05, 3.63) is 60.1 Å². The van der Waals surface area contributed by atoms with Gasteiger partial charge in [0.2, 0.25) is 0 Å². The lowest BCUT2D eigenvalue weighted by molar-refractivity contribution is -0.115. The van der Waals surface area contributed by atoms with Crippen LogP contribution in [0.1, 0.15) is 67.4 Å². The number of hydrogen-bond acceptors (Lipinski definition) is 6. The van der Waals surface area contributed by atoms with Crippen LogP contribution in [-0.2, 0) is 11.3 Å². The number of H-pyrrole nitrogens is 1. The minimum atomic E-state index is -0.301. The van der Waals surface area contributed by atoms with Crippen molar-refractivity contribution in [3.8, 4) is 11.1 Å². The van der Waals surface area contributed by atoms with Gasteiger partial charge < -0.3 is 10.6 Å². The van der Waals surface area contributed by atoms with E-state index < -0.39 is 0 Å². The number of carbonyl (C=O) groups is 2. The number of nitrogens with zero attached hydrogens (tertiary/aromatic N) is 4. The molecular weight excluding hydrogens is 502 g/mol. The molecule has 40 heavy (non-hydrogen) atoms. The lowest BCUT2D eigenvalue weighted by atomic mass is 10.0. The summed E-state index contributed by atoms with van der Waals surface area (Å²) in [7, 11) is 0. The normalized spacial score (nSPS) is 20.3. The number of nitrogens with one attached hydrogen (secondary N) is 3. The van der Waals surface area contributed by atoms with Gasteiger partial charge in [-0.05, 0) is 74.2 Å². The highest BCUT2D eigenvalue weighted by Crippen LogP contribution is 2.26. The molecule has 3 N–H and O–H groups in total. The molecule has 2 aliphatic heterocycles. The highest BCUT2D eigenvalue weighted by molar-refractivity contribution is 6.43. The van der Waals surface area contributed by atoms with Gasteiger partial charge in [0, 0.05) is 35.9 Å². The first-order chi connectivity index (χ1) is 19.6. The Kier molecular flexibility index (Phi) is 7.99. The number of rotatable bonds is 7. The minimum absolute atomic E-state index is 0.135. The number of aromatic nitrogens is 3. The third kappa shape index (κ3) is 6.14. The maximum atomic E-state index is 13.2. The van der Waals surface area contributed by atoms with E-state index in [1.807, 2.05) is 36.7 Å². The summed E-state index contributed by atoms with van der Waals surface area (Å²) in [5, 5.41) is 14.1. The van der Waals surface area contributed by atoms with Gasteiger partial charge in [0.15, 0.2) is 5.69 Å². The topological polar surface area (TPSA) is 115 Å². The van der Waals surface area contributed by atoms with Crippen molar-refractivity contribution < 1.29 is 9.59 Å². The van der Waals surface area contributed by atoms with Gasteiger partial charge in [-0.2, -0.15) is 5.10 Å². The van der Waals surface area contributed by atoms with Gasteiger partial charge in [0.05, 0.1) is 18.1 Å². The van der Waals surface area contributed by atoms with Crippen LogP contribution in [-0.4, -0.2) is 69.3 Å². The number of hydrogen-bond donors (Lipinski definition) is 3. The van der Waals surface area contributed by atoms with E-state index in [0.717, 1.165) is 67.3 Å². The molecule has 1 saturated heterocycles. The Bertz CT molecular complexity index is 1430. The molecule has 0 radical (unpaired) electrons. The summed E-state index contributed by atoms with van der Waals surface area (Å²) >= 11 is 0. The fourth-order valence-corrected chi connectivity index (χ4v) is 5.98. The molecule has 1 saturated carbocycles. The monoisotopic (exact) mass is 539 g/mol. The molecule has 2 fully saturated rings. The van der Waals surface area contributed by atoms with E-state index in [2.05, 4.69) is 41.8 Å². The van der Waals surface area contributed by atoms with Crippen LogP contribution in [0.25, 0.3) is 22.0 Å². The number of aromatic amines is 1. The van der Waals surface area contributed by atoms with Crippen molar-refractivity contribution in [2.24, 2.45) is 4.99 Å². The molecule has 208 valence electrons. The molecule has 9 nitrogen and oxygen atoms in total. The van der Waals surface area contributed by atoms with Crippen molar-refractivity contribution in [2.45, 2.75) is 70.0 Å². The Morgan fingerprint density at radius 1 is 0.925 bits per heavy atom. The van der Waals surface area contributed by atoms with E-state index in [9.17, 15) is 9.59 Å². The molecule has 6 rings (SSSR count). The SMILES string of the molecule is O=C(NC1CCCC1)C1=NCC(NC(=O)c2n[nH]c3ccc(-c4cncc(CN5CCCCCC5)c4)cc23)C=C1. The summed E-state index contributed by atoms with van der Waals surface area (Å²) in [5.41, 5.74) is 4.77. The lowest BCUT2D eigenvalue weighted by Gasteiger charge is -2.19. The first-order valence-corrected chi connectivity index (χ1v) is 14.6. The standard InChI is InChI=1S/C31H37N7O2/c39-30(34-24-7-3-4-8-24)28-12-10-25(19-33-28)35-31(40)29-26-16-22(9-11-27(26)36-37-29)23-15-21(17-32-18-23)20-38-13-5-1-2-6-14-38/h9-12,15-18,24-25H,1-8,13-14,19-20H2,(H,34,39)(H,35,40)(H,36,37). The average molecular weight is 540 g/mol. The Hall–Kier alpha value is -3.85. The Labute approximate surface area is 234 Å². The second kappa shape index (κ2) is 12.1. The molecule has 1 atom stereocenters. The molecule has 1 aromatic carbocycles. The van der Waals surface area contributed by atoms with E-state index in [1.165, 1.54) is 31.2 Å².